The smallest absolute Gasteiger partial charge is 0.141 e. The first-order chi connectivity index (χ1) is 7.13. The van der Waals surface area contributed by atoms with E-state index >= 15 is 0 Å². The number of aromatic nitrogens is 1. The first-order valence-electron chi connectivity index (χ1n) is 5.02. The van der Waals surface area contributed by atoms with Gasteiger partial charge in [0.25, 0.3) is 0 Å². The van der Waals surface area contributed by atoms with Gasteiger partial charge in [-0.05, 0) is 17.5 Å². The summed E-state index contributed by atoms with van der Waals surface area (Å²) in [7, 11) is 0. The average Bonchev–Trinajstić information content (AvgIpc) is 2.18. The molecule has 2 nitrogen and oxygen atoms in total. The molecule has 1 heterocycles. The Hall–Kier alpha value is -0.230. The summed E-state index contributed by atoms with van der Waals surface area (Å²) in [6.45, 7) is 5.04. The lowest BCUT2D eigenvalue weighted by Gasteiger charge is -2.19. The topological polar surface area (TPSA) is 24.9 Å². The van der Waals surface area contributed by atoms with Crippen LogP contribution in [0.25, 0.3) is 0 Å². The minimum atomic E-state index is -0.273. The zero-order valence-electron chi connectivity index (χ0n) is 9.00. The summed E-state index contributed by atoms with van der Waals surface area (Å²) in [6.07, 6.45) is 2.92. The zero-order chi connectivity index (χ0) is 11.3. The predicted octanol–water partition coefficient (Wildman–Crippen LogP) is 2.77. The maximum absolute atomic E-state index is 12.8. The molecule has 1 aromatic heterocycles. The number of hydrogen-bond donors (Lipinski definition) is 1. The molecule has 0 aliphatic heterocycles. The number of halogens is 2. The lowest BCUT2D eigenvalue weighted by molar-refractivity contribution is 0.435. The van der Waals surface area contributed by atoms with Crippen LogP contribution < -0.4 is 5.32 Å². The Morgan fingerprint density at radius 3 is 2.73 bits per heavy atom. The standard InChI is InChI=1S/C11H16FIN2/c1-8(2)11(4-13)15-6-9-3-10(12)7-14-5-9/h3,5,7-8,11,15H,4,6H2,1-2H3. The van der Waals surface area contributed by atoms with Gasteiger partial charge in [-0.1, -0.05) is 36.4 Å². The van der Waals surface area contributed by atoms with E-state index in [9.17, 15) is 4.39 Å². The predicted molar refractivity (Wildman–Crippen MR) is 68.5 cm³/mol. The lowest BCUT2D eigenvalue weighted by atomic mass is 10.1. The van der Waals surface area contributed by atoms with Gasteiger partial charge in [0.1, 0.15) is 5.82 Å². The summed E-state index contributed by atoms with van der Waals surface area (Å²) in [5.74, 6) is 0.313. The molecule has 0 amide bonds. The molecule has 0 bridgehead atoms. The second kappa shape index (κ2) is 6.37. The summed E-state index contributed by atoms with van der Waals surface area (Å²) < 4.78 is 13.9. The highest BCUT2D eigenvalue weighted by atomic mass is 127. The molecule has 0 spiro atoms. The summed E-state index contributed by atoms with van der Waals surface area (Å²) in [5.41, 5.74) is 0.894. The van der Waals surface area contributed by atoms with Gasteiger partial charge in [-0.15, -0.1) is 0 Å². The second-order valence-electron chi connectivity index (χ2n) is 3.90. The molecule has 1 aromatic rings. The van der Waals surface area contributed by atoms with Crippen molar-refractivity contribution in [2.75, 3.05) is 4.43 Å². The molecular formula is C11H16FIN2. The van der Waals surface area contributed by atoms with Gasteiger partial charge in [-0.25, -0.2) is 4.39 Å². The van der Waals surface area contributed by atoms with E-state index < -0.39 is 0 Å². The minimum absolute atomic E-state index is 0.273. The Morgan fingerprint density at radius 1 is 1.47 bits per heavy atom. The van der Waals surface area contributed by atoms with Gasteiger partial charge < -0.3 is 5.32 Å². The van der Waals surface area contributed by atoms with E-state index in [1.54, 1.807) is 6.20 Å². The van der Waals surface area contributed by atoms with E-state index in [2.05, 4.69) is 46.7 Å². The molecule has 0 aromatic carbocycles. The fourth-order valence-electron chi connectivity index (χ4n) is 1.27. The molecule has 15 heavy (non-hydrogen) atoms. The van der Waals surface area contributed by atoms with Crippen molar-refractivity contribution in [3.8, 4) is 0 Å². The van der Waals surface area contributed by atoms with E-state index in [0.717, 1.165) is 9.99 Å². The number of nitrogens with one attached hydrogen (secondary N) is 1. The molecule has 0 aliphatic rings. The zero-order valence-corrected chi connectivity index (χ0v) is 11.2. The second-order valence-corrected chi connectivity index (χ2v) is 4.78. The number of nitrogens with zero attached hydrogens (tertiary/aromatic N) is 1. The van der Waals surface area contributed by atoms with Crippen LogP contribution in [-0.4, -0.2) is 15.5 Å². The Morgan fingerprint density at radius 2 is 2.20 bits per heavy atom. The number of alkyl halides is 1. The molecule has 4 heteroatoms. The summed E-state index contributed by atoms with van der Waals surface area (Å²) in [4.78, 5) is 3.82. The van der Waals surface area contributed by atoms with E-state index in [4.69, 9.17) is 0 Å². The van der Waals surface area contributed by atoms with Gasteiger partial charge >= 0.3 is 0 Å². The fourth-order valence-corrected chi connectivity index (χ4v) is 2.60. The van der Waals surface area contributed by atoms with Crippen LogP contribution in [0.5, 0.6) is 0 Å². The Labute approximate surface area is 104 Å². The van der Waals surface area contributed by atoms with E-state index in [1.165, 1.54) is 12.3 Å². The van der Waals surface area contributed by atoms with Crippen molar-refractivity contribution in [3.05, 3.63) is 29.8 Å². The number of hydrogen-bond acceptors (Lipinski definition) is 2. The summed E-state index contributed by atoms with van der Waals surface area (Å²) in [5, 5.41) is 3.40. The van der Waals surface area contributed by atoms with Crippen molar-refractivity contribution in [2.45, 2.75) is 26.4 Å². The van der Waals surface area contributed by atoms with E-state index in [-0.39, 0.29) is 5.82 Å². The van der Waals surface area contributed by atoms with Crippen molar-refractivity contribution < 1.29 is 4.39 Å². The molecule has 1 N–H and O–H groups in total. The molecule has 0 fully saturated rings. The third-order valence-corrected chi connectivity index (χ3v) is 3.25. The fraction of sp³-hybridized carbons (Fsp3) is 0.545. The van der Waals surface area contributed by atoms with Crippen molar-refractivity contribution in [1.82, 2.24) is 10.3 Å². The van der Waals surface area contributed by atoms with Crippen LogP contribution >= 0.6 is 22.6 Å². The highest BCUT2D eigenvalue weighted by Crippen LogP contribution is 2.07. The molecular weight excluding hydrogens is 306 g/mol. The first kappa shape index (κ1) is 12.8. The summed E-state index contributed by atoms with van der Waals surface area (Å²) >= 11 is 2.36. The van der Waals surface area contributed by atoms with Gasteiger partial charge in [0, 0.05) is 23.2 Å². The first-order valence-corrected chi connectivity index (χ1v) is 6.54. The number of rotatable bonds is 5. The van der Waals surface area contributed by atoms with E-state index in [0.29, 0.717) is 18.5 Å². The van der Waals surface area contributed by atoms with Crippen LogP contribution in [0, 0.1) is 11.7 Å². The molecule has 1 atom stereocenters. The van der Waals surface area contributed by atoms with Crippen LogP contribution in [0.2, 0.25) is 0 Å². The van der Waals surface area contributed by atoms with Crippen molar-refractivity contribution in [1.29, 1.82) is 0 Å². The van der Waals surface area contributed by atoms with Crippen molar-refractivity contribution in [2.24, 2.45) is 5.92 Å². The largest absolute Gasteiger partial charge is 0.309 e. The molecule has 0 radical (unpaired) electrons. The number of pyridine rings is 1. The molecule has 1 unspecified atom stereocenters. The summed E-state index contributed by atoms with van der Waals surface area (Å²) in [6, 6.07) is 1.98. The highest BCUT2D eigenvalue weighted by molar-refractivity contribution is 14.1. The van der Waals surface area contributed by atoms with E-state index in [1.807, 2.05) is 0 Å². The van der Waals surface area contributed by atoms with Crippen LogP contribution in [0.15, 0.2) is 18.5 Å². The SMILES string of the molecule is CC(C)C(CI)NCc1cncc(F)c1. The van der Waals surface area contributed by atoms with Crippen LogP contribution in [-0.2, 0) is 6.54 Å². The lowest BCUT2D eigenvalue weighted by Crippen LogP contribution is -2.34. The van der Waals surface area contributed by atoms with Gasteiger partial charge in [0.05, 0.1) is 6.20 Å². The maximum Gasteiger partial charge on any atom is 0.141 e. The monoisotopic (exact) mass is 322 g/mol. The Kier molecular flexibility index (Phi) is 5.45. The van der Waals surface area contributed by atoms with Gasteiger partial charge in [0.2, 0.25) is 0 Å². The van der Waals surface area contributed by atoms with Crippen molar-refractivity contribution in [3.63, 3.8) is 0 Å². The third-order valence-electron chi connectivity index (χ3n) is 2.30. The van der Waals surface area contributed by atoms with Crippen LogP contribution in [0.1, 0.15) is 19.4 Å². The van der Waals surface area contributed by atoms with Gasteiger partial charge in [-0.2, -0.15) is 0 Å². The minimum Gasteiger partial charge on any atom is -0.309 e. The Balaban J connectivity index is 2.49. The van der Waals surface area contributed by atoms with Crippen molar-refractivity contribution >= 4 is 22.6 Å². The average molecular weight is 322 g/mol. The molecule has 0 aliphatic carbocycles. The Bertz CT molecular complexity index is 304. The molecule has 0 saturated heterocycles. The normalized spacial score (nSPS) is 13.1. The molecule has 1 rings (SSSR count). The van der Waals surface area contributed by atoms with Gasteiger partial charge in [-0.3, -0.25) is 4.98 Å². The third kappa shape index (κ3) is 4.42. The maximum atomic E-state index is 12.8. The van der Waals surface area contributed by atoms with Gasteiger partial charge in [0.15, 0.2) is 0 Å². The highest BCUT2D eigenvalue weighted by Gasteiger charge is 2.10. The molecule has 84 valence electrons. The molecule has 0 saturated carbocycles. The van der Waals surface area contributed by atoms with Crippen LogP contribution in [0.3, 0.4) is 0 Å². The van der Waals surface area contributed by atoms with Crippen LogP contribution in [0.4, 0.5) is 4.39 Å². The quantitative estimate of drug-likeness (QED) is 0.666.